The molecule has 0 radical (unpaired) electrons. The van der Waals surface area contributed by atoms with Crippen LogP contribution < -0.4 is 5.32 Å². The number of likely N-dealkylation sites (tertiary alicyclic amines) is 1. The molecule has 1 aromatic carbocycles. The maximum atomic E-state index is 12.0. The van der Waals surface area contributed by atoms with Crippen LogP contribution in [-0.4, -0.2) is 35.4 Å². The molecule has 2 heterocycles. The van der Waals surface area contributed by atoms with E-state index in [1.807, 2.05) is 30.3 Å². The third-order valence-corrected chi connectivity index (χ3v) is 3.47. The summed E-state index contributed by atoms with van der Waals surface area (Å²) < 4.78 is 0. The smallest absolute Gasteiger partial charge is 0.238 e. The second-order valence-corrected chi connectivity index (χ2v) is 4.91. The van der Waals surface area contributed by atoms with E-state index >= 15 is 0 Å². The molecule has 0 unspecified atom stereocenters. The van der Waals surface area contributed by atoms with Gasteiger partial charge < -0.3 is 5.32 Å². The first-order valence-electron chi connectivity index (χ1n) is 6.69. The molecule has 4 heteroatoms. The Kier molecular flexibility index (Phi) is 3.42. The summed E-state index contributed by atoms with van der Waals surface area (Å²) in [7, 11) is 0. The summed E-state index contributed by atoms with van der Waals surface area (Å²) in [5, 5.41) is 4.01. The van der Waals surface area contributed by atoms with Gasteiger partial charge in [-0.2, -0.15) is 0 Å². The summed E-state index contributed by atoms with van der Waals surface area (Å²) in [5.41, 5.74) is 1.64. The van der Waals surface area contributed by atoms with Crippen molar-refractivity contribution in [2.75, 3.05) is 25.0 Å². The lowest BCUT2D eigenvalue weighted by Crippen LogP contribution is -2.30. The number of nitrogens with one attached hydrogen (secondary N) is 1. The van der Waals surface area contributed by atoms with E-state index in [0.717, 1.165) is 29.7 Å². The maximum absolute atomic E-state index is 12.0. The zero-order chi connectivity index (χ0) is 13.1. The minimum Gasteiger partial charge on any atom is -0.323 e. The largest absolute Gasteiger partial charge is 0.323 e. The van der Waals surface area contributed by atoms with Crippen LogP contribution in [0.3, 0.4) is 0 Å². The van der Waals surface area contributed by atoms with Crippen molar-refractivity contribution in [3.05, 3.63) is 36.5 Å². The van der Waals surface area contributed by atoms with Crippen molar-refractivity contribution >= 4 is 22.5 Å². The van der Waals surface area contributed by atoms with Crippen LogP contribution in [0.25, 0.3) is 10.9 Å². The highest BCUT2D eigenvalue weighted by Gasteiger charge is 2.15. The minimum absolute atomic E-state index is 0.0417. The second kappa shape index (κ2) is 5.36. The SMILES string of the molecule is O=C(CN1CCCC1)Nc1cccc2cccnc12. The number of para-hydroxylation sites is 1. The van der Waals surface area contributed by atoms with Gasteiger partial charge in [0.25, 0.3) is 0 Å². The standard InChI is InChI=1S/C15H17N3O/c19-14(11-18-9-1-2-10-18)17-13-7-3-5-12-6-4-8-16-15(12)13/h3-8H,1-2,9-11H2,(H,17,19). The van der Waals surface area contributed by atoms with Gasteiger partial charge in [-0.05, 0) is 38.1 Å². The zero-order valence-corrected chi connectivity index (χ0v) is 10.8. The molecule has 4 nitrogen and oxygen atoms in total. The third kappa shape index (κ3) is 2.74. The van der Waals surface area contributed by atoms with E-state index < -0.39 is 0 Å². The Balaban J connectivity index is 1.75. The van der Waals surface area contributed by atoms with E-state index in [1.165, 1.54) is 12.8 Å². The van der Waals surface area contributed by atoms with E-state index in [-0.39, 0.29) is 5.91 Å². The molecule has 0 bridgehead atoms. The molecule has 2 aromatic rings. The third-order valence-electron chi connectivity index (χ3n) is 3.47. The number of aromatic nitrogens is 1. The van der Waals surface area contributed by atoms with Gasteiger partial charge in [-0.25, -0.2) is 0 Å². The van der Waals surface area contributed by atoms with E-state index in [2.05, 4.69) is 15.2 Å². The van der Waals surface area contributed by atoms with Crippen LogP contribution in [0.2, 0.25) is 0 Å². The van der Waals surface area contributed by atoms with Gasteiger partial charge in [0.05, 0.1) is 17.7 Å². The number of pyridine rings is 1. The Labute approximate surface area is 112 Å². The zero-order valence-electron chi connectivity index (χ0n) is 10.8. The maximum Gasteiger partial charge on any atom is 0.238 e. The summed E-state index contributed by atoms with van der Waals surface area (Å²) in [5.74, 6) is 0.0417. The number of anilines is 1. The van der Waals surface area contributed by atoms with Crippen molar-refractivity contribution in [2.45, 2.75) is 12.8 Å². The van der Waals surface area contributed by atoms with E-state index in [1.54, 1.807) is 6.20 Å². The number of benzene rings is 1. The Morgan fingerprint density at radius 2 is 2.00 bits per heavy atom. The molecule has 1 amide bonds. The first-order valence-corrected chi connectivity index (χ1v) is 6.69. The Morgan fingerprint density at radius 1 is 1.21 bits per heavy atom. The minimum atomic E-state index is 0.0417. The number of amides is 1. The predicted molar refractivity (Wildman–Crippen MR) is 76.0 cm³/mol. The number of hydrogen-bond donors (Lipinski definition) is 1. The lowest BCUT2D eigenvalue weighted by molar-refractivity contribution is -0.117. The molecule has 1 aliphatic rings. The van der Waals surface area contributed by atoms with Crippen LogP contribution in [-0.2, 0) is 4.79 Å². The van der Waals surface area contributed by atoms with E-state index in [9.17, 15) is 4.79 Å². The quantitative estimate of drug-likeness (QED) is 0.915. The van der Waals surface area contributed by atoms with Crippen LogP contribution >= 0.6 is 0 Å². The van der Waals surface area contributed by atoms with Crippen molar-refractivity contribution in [3.8, 4) is 0 Å². The Hall–Kier alpha value is -1.94. The first kappa shape index (κ1) is 12.1. The molecule has 1 N–H and O–H groups in total. The highest BCUT2D eigenvalue weighted by molar-refractivity contribution is 6.00. The molecule has 1 aliphatic heterocycles. The lowest BCUT2D eigenvalue weighted by Gasteiger charge is -2.14. The molecule has 19 heavy (non-hydrogen) atoms. The molecule has 0 spiro atoms. The number of nitrogens with zero attached hydrogens (tertiary/aromatic N) is 2. The Bertz CT molecular complexity index is 585. The fraction of sp³-hybridized carbons (Fsp3) is 0.333. The lowest BCUT2D eigenvalue weighted by atomic mass is 10.2. The summed E-state index contributed by atoms with van der Waals surface area (Å²) in [6.07, 6.45) is 4.14. The van der Waals surface area contributed by atoms with Gasteiger partial charge in [-0.15, -0.1) is 0 Å². The second-order valence-electron chi connectivity index (χ2n) is 4.91. The van der Waals surface area contributed by atoms with Crippen LogP contribution in [0.4, 0.5) is 5.69 Å². The molecule has 3 rings (SSSR count). The average molecular weight is 255 g/mol. The summed E-state index contributed by atoms with van der Waals surface area (Å²) in [4.78, 5) is 18.6. The first-order chi connectivity index (χ1) is 9.33. The van der Waals surface area contributed by atoms with Crippen LogP contribution in [0.1, 0.15) is 12.8 Å². The monoisotopic (exact) mass is 255 g/mol. The van der Waals surface area contributed by atoms with Gasteiger partial charge in [-0.3, -0.25) is 14.7 Å². The number of carbonyl (C=O) groups excluding carboxylic acids is 1. The summed E-state index contributed by atoms with van der Waals surface area (Å²) >= 11 is 0. The van der Waals surface area contributed by atoms with Crippen molar-refractivity contribution in [1.82, 2.24) is 9.88 Å². The summed E-state index contributed by atoms with van der Waals surface area (Å²) in [6.45, 7) is 2.53. The topological polar surface area (TPSA) is 45.2 Å². The molecule has 1 saturated heterocycles. The van der Waals surface area contributed by atoms with Gasteiger partial charge in [-0.1, -0.05) is 18.2 Å². The molecule has 1 aromatic heterocycles. The molecular formula is C15H17N3O. The van der Waals surface area contributed by atoms with Crippen LogP contribution in [0, 0.1) is 0 Å². The molecule has 1 fully saturated rings. The highest BCUT2D eigenvalue weighted by Crippen LogP contribution is 2.20. The summed E-state index contributed by atoms with van der Waals surface area (Å²) in [6, 6.07) is 9.74. The number of fused-ring (bicyclic) bond motifs is 1. The molecular weight excluding hydrogens is 238 g/mol. The van der Waals surface area contributed by atoms with Crippen LogP contribution in [0.15, 0.2) is 36.5 Å². The fourth-order valence-electron chi connectivity index (χ4n) is 2.54. The van der Waals surface area contributed by atoms with Gasteiger partial charge in [0, 0.05) is 11.6 Å². The van der Waals surface area contributed by atoms with E-state index in [4.69, 9.17) is 0 Å². The number of hydrogen-bond acceptors (Lipinski definition) is 3. The number of carbonyl (C=O) groups is 1. The van der Waals surface area contributed by atoms with Crippen molar-refractivity contribution in [2.24, 2.45) is 0 Å². The van der Waals surface area contributed by atoms with Gasteiger partial charge in [0.1, 0.15) is 0 Å². The Morgan fingerprint density at radius 3 is 2.84 bits per heavy atom. The predicted octanol–water partition coefficient (Wildman–Crippen LogP) is 2.27. The van der Waals surface area contributed by atoms with E-state index in [0.29, 0.717) is 6.54 Å². The number of rotatable bonds is 3. The molecule has 98 valence electrons. The van der Waals surface area contributed by atoms with Gasteiger partial charge in [0.15, 0.2) is 0 Å². The average Bonchev–Trinajstić information content (AvgIpc) is 2.92. The molecule has 0 atom stereocenters. The normalized spacial score (nSPS) is 15.8. The van der Waals surface area contributed by atoms with Crippen LogP contribution in [0.5, 0.6) is 0 Å². The molecule has 0 saturated carbocycles. The van der Waals surface area contributed by atoms with Gasteiger partial charge >= 0.3 is 0 Å². The highest BCUT2D eigenvalue weighted by atomic mass is 16.2. The van der Waals surface area contributed by atoms with Gasteiger partial charge in [0.2, 0.25) is 5.91 Å². The fourth-order valence-corrected chi connectivity index (χ4v) is 2.54. The molecule has 0 aliphatic carbocycles. The van der Waals surface area contributed by atoms with Crippen molar-refractivity contribution in [3.63, 3.8) is 0 Å². The van der Waals surface area contributed by atoms with Crippen molar-refractivity contribution in [1.29, 1.82) is 0 Å². The van der Waals surface area contributed by atoms with Crippen molar-refractivity contribution < 1.29 is 4.79 Å².